The highest BCUT2D eigenvalue weighted by Gasteiger charge is 2.41. The van der Waals surface area contributed by atoms with Crippen LogP contribution in [-0.2, 0) is 10.8 Å². The van der Waals surface area contributed by atoms with Gasteiger partial charge in [0.2, 0.25) is 0 Å². The molecule has 0 N–H and O–H groups in total. The van der Waals surface area contributed by atoms with E-state index >= 15 is 0 Å². The number of hydrogen-bond acceptors (Lipinski definition) is 3. The number of nitrogens with zero attached hydrogens (tertiary/aromatic N) is 1. The van der Waals surface area contributed by atoms with Gasteiger partial charge in [-0.15, -0.1) is 12.6 Å². The first-order valence-electron chi connectivity index (χ1n) is 17.1. The summed E-state index contributed by atoms with van der Waals surface area (Å²) in [7, 11) is 0. The third-order valence-electron chi connectivity index (χ3n) is 11.3. The van der Waals surface area contributed by atoms with Gasteiger partial charge in [0.05, 0.1) is 11.4 Å². The summed E-state index contributed by atoms with van der Waals surface area (Å²) in [6, 6.07) is 48.6. The van der Waals surface area contributed by atoms with Crippen LogP contribution in [0.15, 0.2) is 143 Å². The summed E-state index contributed by atoms with van der Waals surface area (Å²) in [5, 5.41) is 4.67. The van der Waals surface area contributed by atoms with E-state index in [0.29, 0.717) is 0 Å². The van der Waals surface area contributed by atoms with Gasteiger partial charge in [-0.2, -0.15) is 0 Å². The van der Waals surface area contributed by atoms with Crippen molar-refractivity contribution in [2.75, 3.05) is 4.90 Å². The summed E-state index contributed by atoms with van der Waals surface area (Å²) in [4.78, 5) is 3.20. The molecule has 2 aliphatic rings. The Hall–Kier alpha value is -5.25. The lowest BCUT2D eigenvalue weighted by molar-refractivity contribution is 0.652. The van der Waals surface area contributed by atoms with Crippen molar-refractivity contribution in [3.63, 3.8) is 0 Å². The first-order chi connectivity index (χ1) is 23.7. The lowest BCUT2D eigenvalue weighted by atomic mass is 9.79. The molecule has 10 rings (SSSR count). The molecular weight excluding hydrogens is 615 g/mol. The molecule has 0 saturated carbocycles. The van der Waals surface area contributed by atoms with Gasteiger partial charge in [-0.25, -0.2) is 0 Å². The van der Waals surface area contributed by atoms with E-state index in [0.717, 1.165) is 43.9 Å². The second-order valence-corrected chi connectivity index (χ2v) is 15.2. The largest absolute Gasteiger partial charge is 0.454 e. The fourth-order valence-electron chi connectivity index (χ4n) is 8.77. The Morgan fingerprint density at radius 1 is 0.490 bits per heavy atom. The van der Waals surface area contributed by atoms with Crippen LogP contribution in [0.3, 0.4) is 0 Å². The molecule has 0 atom stereocenters. The highest BCUT2D eigenvalue weighted by Crippen LogP contribution is 2.56. The van der Waals surface area contributed by atoms with Crippen molar-refractivity contribution in [1.29, 1.82) is 0 Å². The molecule has 7 aromatic carbocycles. The maximum absolute atomic E-state index is 6.56. The smallest absolute Gasteiger partial charge is 0.159 e. The standard InChI is InChI=1S/C46H35NOS/c1-45(2)36-15-7-5-12-30(36)34-25-39-35(26-38(34)45)33-23-27-20-21-29(22-28(27)24-37(33)46(39,3)4)47(40-16-8-10-19-43(40)49)41-17-11-14-32-31-13-6-9-18-42(31)48-44(32)41/h5-26,49H,1-4H3. The Morgan fingerprint density at radius 3 is 1.96 bits per heavy atom. The van der Waals surface area contributed by atoms with Crippen LogP contribution in [-0.4, -0.2) is 0 Å². The molecule has 0 bridgehead atoms. The van der Waals surface area contributed by atoms with E-state index in [9.17, 15) is 0 Å². The van der Waals surface area contributed by atoms with Crippen LogP contribution in [0.2, 0.25) is 0 Å². The molecule has 0 amide bonds. The van der Waals surface area contributed by atoms with Gasteiger partial charge in [0.15, 0.2) is 5.58 Å². The van der Waals surface area contributed by atoms with Crippen LogP contribution in [0.4, 0.5) is 17.1 Å². The van der Waals surface area contributed by atoms with Gasteiger partial charge >= 0.3 is 0 Å². The van der Waals surface area contributed by atoms with Crippen molar-refractivity contribution < 1.29 is 4.42 Å². The zero-order valence-corrected chi connectivity index (χ0v) is 28.9. The zero-order chi connectivity index (χ0) is 33.2. The Kier molecular flexibility index (Phi) is 5.81. The van der Waals surface area contributed by atoms with Crippen molar-refractivity contribution in [3.05, 3.63) is 156 Å². The van der Waals surface area contributed by atoms with Gasteiger partial charge in [-0.1, -0.05) is 100 Å². The molecule has 8 aromatic rings. The molecule has 0 radical (unpaired) electrons. The third kappa shape index (κ3) is 3.91. The Balaban J connectivity index is 1.16. The first-order valence-corrected chi connectivity index (χ1v) is 17.5. The molecular formula is C46H35NOS. The van der Waals surface area contributed by atoms with Gasteiger partial charge < -0.3 is 9.32 Å². The number of furan rings is 1. The topological polar surface area (TPSA) is 16.4 Å². The molecule has 2 nitrogen and oxygen atoms in total. The average molecular weight is 650 g/mol. The van der Waals surface area contributed by atoms with Crippen molar-refractivity contribution in [2.45, 2.75) is 43.4 Å². The molecule has 0 aliphatic heterocycles. The third-order valence-corrected chi connectivity index (χ3v) is 11.7. The monoisotopic (exact) mass is 649 g/mol. The summed E-state index contributed by atoms with van der Waals surface area (Å²) in [5.74, 6) is 0. The van der Waals surface area contributed by atoms with Crippen LogP contribution in [0.5, 0.6) is 0 Å². The molecule has 1 aromatic heterocycles. The summed E-state index contributed by atoms with van der Waals surface area (Å²) < 4.78 is 6.56. The van der Waals surface area contributed by atoms with Crippen LogP contribution in [0, 0.1) is 0 Å². The van der Waals surface area contributed by atoms with Gasteiger partial charge in [0.1, 0.15) is 5.58 Å². The number of fused-ring (bicyclic) bond motifs is 10. The average Bonchev–Trinajstić information content (AvgIpc) is 3.68. The van der Waals surface area contributed by atoms with E-state index in [-0.39, 0.29) is 10.8 Å². The second kappa shape index (κ2) is 9.90. The number of benzene rings is 7. The minimum Gasteiger partial charge on any atom is -0.454 e. The van der Waals surface area contributed by atoms with Crippen molar-refractivity contribution >= 4 is 62.4 Å². The van der Waals surface area contributed by atoms with Gasteiger partial charge in [-0.3, -0.25) is 0 Å². The van der Waals surface area contributed by atoms with Crippen molar-refractivity contribution in [3.8, 4) is 22.3 Å². The zero-order valence-electron chi connectivity index (χ0n) is 28.0. The molecule has 0 unspecified atom stereocenters. The second-order valence-electron chi connectivity index (χ2n) is 14.7. The Morgan fingerprint density at radius 2 is 1.12 bits per heavy atom. The molecule has 1 heterocycles. The first kappa shape index (κ1) is 28.7. The van der Waals surface area contributed by atoms with E-state index in [2.05, 4.69) is 148 Å². The van der Waals surface area contributed by atoms with Crippen LogP contribution in [0.25, 0.3) is 55.0 Å². The number of hydrogen-bond donors (Lipinski definition) is 1. The van der Waals surface area contributed by atoms with E-state index in [1.165, 1.54) is 55.3 Å². The maximum Gasteiger partial charge on any atom is 0.159 e. The van der Waals surface area contributed by atoms with Gasteiger partial charge in [-0.05, 0) is 116 Å². The minimum atomic E-state index is -0.136. The summed E-state index contributed by atoms with van der Waals surface area (Å²) in [6.07, 6.45) is 0. The molecule has 0 saturated heterocycles. The van der Waals surface area contributed by atoms with Crippen molar-refractivity contribution in [1.82, 2.24) is 0 Å². The van der Waals surface area contributed by atoms with Crippen LogP contribution < -0.4 is 4.90 Å². The summed E-state index contributed by atoms with van der Waals surface area (Å²) >= 11 is 4.95. The van der Waals surface area contributed by atoms with Crippen LogP contribution in [0.1, 0.15) is 49.9 Å². The van der Waals surface area contributed by atoms with Gasteiger partial charge in [0, 0.05) is 32.2 Å². The van der Waals surface area contributed by atoms with E-state index in [4.69, 9.17) is 17.0 Å². The number of thiol groups is 1. The fraction of sp³-hybridized carbons (Fsp3) is 0.130. The maximum atomic E-state index is 6.56. The molecule has 236 valence electrons. The van der Waals surface area contributed by atoms with Gasteiger partial charge in [0.25, 0.3) is 0 Å². The molecule has 0 spiro atoms. The highest BCUT2D eigenvalue weighted by molar-refractivity contribution is 7.80. The minimum absolute atomic E-state index is 0.0327. The fourth-order valence-corrected chi connectivity index (χ4v) is 9.03. The highest BCUT2D eigenvalue weighted by atomic mass is 32.1. The number of para-hydroxylation sites is 3. The summed E-state index contributed by atoms with van der Waals surface area (Å²) in [5.41, 5.74) is 15.7. The quantitative estimate of drug-likeness (QED) is 0.192. The number of anilines is 3. The lowest BCUT2D eigenvalue weighted by Gasteiger charge is -2.27. The van der Waals surface area contributed by atoms with E-state index in [1.54, 1.807) is 0 Å². The SMILES string of the molecule is CC1(C)c2ccccc2-c2cc3c(cc21)-c1cc2ccc(N(c4ccccc4S)c4cccc5c4oc4ccccc45)cc2cc1C3(C)C. The van der Waals surface area contributed by atoms with E-state index in [1.807, 2.05) is 18.2 Å². The lowest BCUT2D eigenvalue weighted by Crippen LogP contribution is -2.17. The normalized spacial score (nSPS) is 15.0. The van der Waals surface area contributed by atoms with Crippen LogP contribution >= 0.6 is 12.6 Å². The van der Waals surface area contributed by atoms with E-state index < -0.39 is 0 Å². The predicted molar refractivity (Wildman–Crippen MR) is 208 cm³/mol. The molecule has 2 aliphatic carbocycles. The molecule has 0 fully saturated rings. The number of rotatable bonds is 3. The van der Waals surface area contributed by atoms with Crippen molar-refractivity contribution in [2.24, 2.45) is 0 Å². The molecule has 3 heteroatoms. The summed E-state index contributed by atoms with van der Waals surface area (Å²) in [6.45, 7) is 9.51. The molecule has 49 heavy (non-hydrogen) atoms. The Bertz CT molecular complexity index is 2690. The predicted octanol–water partition coefficient (Wildman–Crippen LogP) is 13.1. The Labute approximate surface area is 292 Å².